The fraction of sp³-hybridized carbons (Fsp3) is 0.438. The summed E-state index contributed by atoms with van der Waals surface area (Å²) >= 11 is 6.10. The van der Waals surface area contributed by atoms with Crippen LogP contribution in [0.2, 0.25) is 5.02 Å². The number of H-pyrrole nitrogens is 1. The van der Waals surface area contributed by atoms with E-state index in [1.807, 2.05) is 6.07 Å². The first-order valence-electron chi connectivity index (χ1n) is 7.74. The lowest BCUT2D eigenvalue weighted by Crippen LogP contribution is -1.98. The van der Waals surface area contributed by atoms with Crippen LogP contribution in [0.15, 0.2) is 24.4 Å². The number of nitro groups is 1. The van der Waals surface area contributed by atoms with Crippen LogP contribution in [0.25, 0.3) is 0 Å². The molecular formula is C16H20ClN3O4. The maximum atomic E-state index is 10.5. The number of rotatable bonds is 10. The minimum absolute atomic E-state index is 0.0604. The normalized spacial score (nSPS) is 10.6. The van der Waals surface area contributed by atoms with Gasteiger partial charge in [-0.3, -0.25) is 0 Å². The fourth-order valence-electron chi connectivity index (χ4n) is 2.23. The lowest BCUT2D eigenvalue weighted by Gasteiger charge is -2.09. The number of ether oxygens (including phenoxy) is 2. The van der Waals surface area contributed by atoms with Crippen LogP contribution in [0.3, 0.4) is 0 Å². The van der Waals surface area contributed by atoms with Gasteiger partial charge in [-0.15, -0.1) is 0 Å². The van der Waals surface area contributed by atoms with E-state index < -0.39 is 4.92 Å². The van der Waals surface area contributed by atoms with Crippen molar-refractivity contribution in [3.8, 4) is 11.5 Å². The number of aromatic amines is 1. The lowest BCUT2D eigenvalue weighted by molar-refractivity contribution is -0.389. The van der Waals surface area contributed by atoms with Gasteiger partial charge < -0.3 is 19.6 Å². The standard InChI is InChI=1S/C16H20ClN3O4/c1-23-12-7-8-14(13(17)10-12)24-9-5-3-2-4-6-15-18-11-16(19-15)20(21)22/h7-8,10-11H,2-6,9H2,1H3,(H,18,19). The second kappa shape index (κ2) is 9.12. The van der Waals surface area contributed by atoms with Crippen molar-refractivity contribution in [1.29, 1.82) is 0 Å². The highest BCUT2D eigenvalue weighted by molar-refractivity contribution is 6.32. The molecule has 2 aromatic rings. The average Bonchev–Trinajstić information content (AvgIpc) is 3.04. The largest absolute Gasteiger partial charge is 0.497 e. The molecule has 1 aromatic carbocycles. The molecule has 1 heterocycles. The molecule has 0 saturated carbocycles. The number of imidazole rings is 1. The SMILES string of the molecule is COc1ccc(OCCCCCCc2ncc([N+](=O)[O-])[nH]2)c(Cl)c1. The second-order valence-corrected chi connectivity index (χ2v) is 5.69. The van der Waals surface area contributed by atoms with E-state index in [1.54, 1.807) is 19.2 Å². The van der Waals surface area contributed by atoms with Crippen molar-refractivity contribution in [2.45, 2.75) is 32.1 Å². The predicted octanol–water partition coefficient (Wildman–Crippen LogP) is 4.16. The van der Waals surface area contributed by atoms with Gasteiger partial charge in [0.25, 0.3) is 0 Å². The van der Waals surface area contributed by atoms with Crippen LogP contribution in [0.1, 0.15) is 31.5 Å². The van der Waals surface area contributed by atoms with E-state index in [1.165, 1.54) is 6.20 Å². The summed E-state index contributed by atoms with van der Waals surface area (Å²) in [6.45, 7) is 0.596. The van der Waals surface area contributed by atoms with Crippen molar-refractivity contribution in [3.63, 3.8) is 0 Å². The third-order valence-electron chi connectivity index (χ3n) is 3.52. The highest BCUT2D eigenvalue weighted by Crippen LogP contribution is 2.28. The Balaban J connectivity index is 1.59. The van der Waals surface area contributed by atoms with E-state index in [-0.39, 0.29) is 5.82 Å². The molecule has 130 valence electrons. The van der Waals surface area contributed by atoms with E-state index in [0.29, 0.717) is 35.4 Å². The monoisotopic (exact) mass is 353 g/mol. The van der Waals surface area contributed by atoms with Gasteiger partial charge in [0.15, 0.2) is 5.82 Å². The van der Waals surface area contributed by atoms with E-state index in [9.17, 15) is 10.1 Å². The van der Waals surface area contributed by atoms with Crippen molar-refractivity contribution < 1.29 is 14.4 Å². The highest BCUT2D eigenvalue weighted by Gasteiger charge is 2.09. The van der Waals surface area contributed by atoms with E-state index in [2.05, 4.69) is 9.97 Å². The molecule has 0 radical (unpaired) electrons. The number of hydrogen-bond acceptors (Lipinski definition) is 5. The van der Waals surface area contributed by atoms with Gasteiger partial charge in [-0.2, -0.15) is 0 Å². The number of nitrogens with zero attached hydrogens (tertiary/aromatic N) is 2. The molecule has 0 aliphatic rings. The average molecular weight is 354 g/mol. The molecule has 0 aliphatic carbocycles. The molecule has 0 bridgehead atoms. The zero-order chi connectivity index (χ0) is 17.4. The van der Waals surface area contributed by atoms with Crippen LogP contribution in [0.5, 0.6) is 11.5 Å². The van der Waals surface area contributed by atoms with Crippen molar-refractivity contribution in [2.75, 3.05) is 13.7 Å². The van der Waals surface area contributed by atoms with Crippen molar-refractivity contribution in [1.82, 2.24) is 9.97 Å². The number of aromatic nitrogens is 2. The summed E-state index contributed by atoms with van der Waals surface area (Å²) in [7, 11) is 1.59. The van der Waals surface area contributed by atoms with Gasteiger partial charge in [-0.05, 0) is 29.9 Å². The smallest absolute Gasteiger partial charge is 0.340 e. The molecule has 0 aliphatic heterocycles. The molecule has 24 heavy (non-hydrogen) atoms. The Labute approximate surface area is 145 Å². The Morgan fingerprint density at radius 1 is 1.29 bits per heavy atom. The number of methoxy groups -OCH3 is 1. The first-order valence-corrected chi connectivity index (χ1v) is 8.12. The van der Waals surface area contributed by atoms with Gasteiger partial charge in [0, 0.05) is 12.5 Å². The summed E-state index contributed by atoms with van der Waals surface area (Å²) in [4.78, 5) is 16.7. The highest BCUT2D eigenvalue weighted by atomic mass is 35.5. The molecule has 8 heteroatoms. The maximum absolute atomic E-state index is 10.5. The fourth-order valence-corrected chi connectivity index (χ4v) is 2.45. The van der Waals surface area contributed by atoms with Gasteiger partial charge in [0.05, 0.1) is 18.7 Å². The molecule has 0 amide bonds. The lowest BCUT2D eigenvalue weighted by atomic mass is 10.1. The maximum Gasteiger partial charge on any atom is 0.340 e. The third-order valence-corrected chi connectivity index (χ3v) is 3.81. The molecule has 0 saturated heterocycles. The molecule has 0 spiro atoms. The van der Waals surface area contributed by atoms with Gasteiger partial charge >= 0.3 is 5.82 Å². The number of nitrogens with one attached hydrogen (secondary N) is 1. The Kier molecular flexibility index (Phi) is 6.87. The van der Waals surface area contributed by atoms with E-state index in [4.69, 9.17) is 21.1 Å². The molecule has 2 rings (SSSR count). The molecule has 7 nitrogen and oxygen atoms in total. The predicted molar refractivity (Wildman–Crippen MR) is 90.9 cm³/mol. The van der Waals surface area contributed by atoms with Crippen LogP contribution in [0, 0.1) is 10.1 Å². The second-order valence-electron chi connectivity index (χ2n) is 5.28. The van der Waals surface area contributed by atoms with Crippen molar-refractivity contribution in [3.05, 3.63) is 45.4 Å². The zero-order valence-corrected chi connectivity index (χ0v) is 14.2. The van der Waals surface area contributed by atoms with Crippen molar-refractivity contribution >= 4 is 17.4 Å². The third kappa shape index (κ3) is 5.42. The number of unbranched alkanes of at least 4 members (excludes halogenated alkanes) is 3. The number of halogens is 1. The van der Waals surface area contributed by atoms with Crippen LogP contribution < -0.4 is 9.47 Å². The summed E-state index contributed by atoms with van der Waals surface area (Å²) in [6.07, 6.45) is 5.82. The number of aryl methyl sites for hydroxylation is 1. The van der Waals surface area contributed by atoms with Crippen LogP contribution in [-0.2, 0) is 6.42 Å². The molecule has 1 aromatic heterocycles. The summed E-state index contributed by atoms with van der Waals surface area (Å²) in [5, 5.41) is 11.1. The number of benzene rings is 1. The summed E-state index contributed by atoms with van der Waals surface area (Å²) in [5.74, 6) is 1.95. The van der Waals surface area contributed by atoms with Gasteiger partial charge in [0.2, 0.25) is 0 Å². The minimum atomic E-state index is -0.474. The molecular weight excluding hydrogens is 334 g/mol. The summed E-state index contributed by atoms with van der Waals surface area (Å²) < 4.78 is 10.7. The van der Waals surface area contributed by atoms with E-state index in [0.717, 1.165) is 25.7 Å². The topological polar surface area (TPSA) is 90.3 Å². The Morgan fingerprint density at radius 2 is 2.08 bits per heavy atom. The van der Waals surface area contributed by atoms with Crippen LogP contribution in [0.4, 0.5) is 5.82 Å². The molecule has 0 unspecified atom stereocenters. The summed E-state index contributed by atoms with van der Waals surface area (Å²) in [6, 6.07) is 5.33. The number of hydrogen-bond donors (Lipinski definition) is 1. The first-order chi connectivity index (χ1) is 11.6. The first kappa shape index (κ1) is 18.1. The Morgan fingerprint density at radius 3 is 2.75 bits per heavy atom. The molecule has 0 fully saturated rings. The zero-order valence-electron chi connectivity index (χ0n) is 13.5. The Hall–Kier alpha value is -2.28. The van der Waals surface area contributed by atoms with E-state index >= 15 is 0 Å². The quantitative estimate of drug-likeness (QED) is 0.393. The van der Waals surface area contributed by atoms with Gasteiger partial charge in [-0.25, -0.2) is 9.97 Å². The minimum Gasteiger partial charge on any atom is -0.497 e. The summed E-state index contributed by atoms with van der Waals surface area (Å²) in [5.41, 5.74) is 0. The van der Waals surface area contributed by atoms with Crippen LogP contribution in [-0.4, -0.2) is 28.6 Å². The Bertz CT molecular complexity index is 675. The molecule has 1 N–H and O–H groups in total. The van der Waals surface area contributed by atoms with Crippen LogP contribution >= 0.6 is 11.6 Å². The van der Waals surface area contributed by atoms with Gasteiger partial charge in [-0.1, -0.05) is 24.4 Å². The van der Waals surface area contributed by atoms with Crippen molar-refractivity contribution in [2.24, 2.45) is 0 Å². The van der Waals surface area contributed by atoms with Gasteiger partial charge in [0.1, 0.15) is 17.7 Å². The molecule has 0 atom stereocenters.